The van der Waals surface area contributed by atoms with E-state index in [0.717, 1.165) is 28.1 Å². The summed E-state index contributed by atoms with van der Waals surface area (Å²) in [5.41, 5.74) is 10.3. The minimum absolute atomic E-state index is 0.912. The molecule has 3 aromatic heterocycles. The molecule has 0 aliphatic rings. The van der Waals surface area contributed by atoms with Gasteiger partial charge in [0.05, 0.1) is 27.8 Å². The first-order valence-electron chi connectivity index (χ1n) is 16.4. The predicted octanol–water partition coefficient (Wildman–Crippen LogP) is 11.8. The van der Waals surface area contributed by atoms with Crippen molar-refractivity contribution in [2.75, 3.05) is 0 Å². The molecular formula is C45H29N3. The number of benzene rings is 7. The van der Waals surface area contributed by atoms with Crippen LogP contribution in [0.4, 0.5) is 0 Å². The Hall–Kier alpha value is -6.45. The molecule has 0 aliphatic heterocycles. The highest BCUT2D eigenvalue weighted by Crippen LogP contribution is 2.40. The molecule has 0 amide bonds. The monoisotopic (exact) mass is 611 g/mol. The minimum Gasteiger partial charge on any atom is -0.309 e. The fraction of sp³-hybridized carbons (Fsp3) is 0. The quantitative estimate of drug-likeness (QED) is 0.194. The van der Waals surface area contributed by atoms with Crippen LogP contribution in [0.15, 0.2) is 176 Å². The third-order valence-electron chi connectivity index (χ3n) is 9.71. The van der Waals surface area contributed by atoms with E-state index in [1.54, 1.807) is 0 Å². The molecule has 3 heterocycles. The second-order valence-corrected chi connectivity index (χ2v) is 12.4. The first kappa shape index (κ1) is 26.7. The van der Waals surface area contributed by atoms with Crippen LogP contribution in [0, 0.1) is 0 Å². The molecule has 7 aromatic carbocycles. The summed E-state index contributed by atoms with van der Waals surface area (Å²) in [5, 5.41) is 7.46. The van der Waals surface area contributed by atoms with Gasteiger partial charge in [0.2, 0.25) is 0 Å². The molecule has 0 saturated carbocycles. The maximum absolute atomic E-state index is 5.20. The average Bonchev–Trinajstić information content (AvgIpc) is 3.68. The first-order valence-corrected chi connectivity index (χ1v) is 16.4. The summed E-state index contributed by atoms with van der Waals surface area (Å²) in [6.07, 6.45) is 0. The highest BCUT2D eigenvalue weighted by atomic mass is 15.1. The van der Waals surface area contributed by atoms with Crippen LogP contribution in [0.5, 0.6) is 0 Å². The molecule has 3 heteroatoms. The second kappa shape index (κ2) is 10.5. The van der Waals surface area contributed by atoms with Crippen LogP contribution in [0.2, 0.25) is 0 Å². The molecule has 10 aromatic rings. The third-order valence-corrected chi connectivity index (χ3v) is 9.71. The summed E-state index contributed by atoms with van der Waals surface area (Å²) in [4.78, 5) is 5.20. The van der Waals surface area contributed by atoms with Gasteiger partial charge >= 0.3 is 0 Å². The number of aromatic nitrogens is 3. The molecule has 10 rings (SSSR count). The van der Waals surface area contributed by atoms with Gasteiger partial charge in [0.15, 0.2) is 0 Å². The van der Waals surface area contributed by atoms with Crippen molar-refractivity contribution in [3.8, 4) is 33.9 Å². The highest BCUT2D eigenvalue weighted by molar-refractivity contribution is 6.22. The van der Waals surface area contributed by atoms with E-state index < -0.39 is 0 Å². The van der Waals surface area contributed by atoms with E-state index in [9.17, 15) is 0 Å². The van der Waals surface area contributed by atoms with Gasteiger partial charge in [-0.05, 0) is 82.6 Å². The SMILES string of the molecule is c1ccc(-c2cccc(-n3c4ccc(-c5ccc6c(c5)c5ccccc5n6-c5ccccc5)cc4c4c5ccccc5ccc43)n2)cc1. The molecule has 3 nitrogen and oxygen atoms in total. The molecule has 48 heavy (non-hydrogen) atoms. The number of nitrogens with zero attached hydrogens (tertiary/aromatic N) is 3. The smallest absolute Gasteiger partial charge is 0.138 e. The summed E-state index contributed by atoms with van der Waals surface area (Å²) in [6, 6.07) is 63.1. The first-order chi connectivity index (χ1) is 23.8. The van der Waals surface area contributed by atoms with Crippen molar-refractivity contribution in [1.29, 1.82) is 0 Å². The fourth-order valence-electron chi connectivity index (χ4n) is 7.54. The van der Waals surface area contributed by atoms with Crippen LogP contribution in [-0.4, -0.2) is 14.1 Å². The zero-order valence-corrected chi connectivity index (χ0v) is 26.1. The van der Waals surface area contributed by atoms with Crippen molar-refractivity contribution in [3.05, 3.63) is 176 Å². The zero-order chi connectivity index (χ0) is 31.6. The summed E-state index contributed by atoms with van der Waals surface area (Å²) >= 11 is 0. The topological polar surface area (TPSA) is 22.8 Å². The van der Waals surface area contributed by atoms with Crippen LogP contribution in [0.25, 0.3) is 88.3 Å². The van der Waals surface area contributed by atoms with Gasteiger partial charge in [0.1, 0.15) is 5.82 Å². The molecule has 224 valence electrons. The summed E-state index contributed by atoms with van der Waals surface area (Å²) in [5.74, 6) is 0.912. The summed E-state index contributed by atoms with van der Waals surface area (Å²) < 4.78 is 4.69. The van der Waals surface area contributed by atoms with E-state index in [-0.39, 0.29) is 0 Å². The van der Waals surface area contributed by atoms with Crippen molar-refractivity contribution in [2.24, 2.45) is 0 Å². The zero-order valence-electron chi connectivity index (χ0n) is 26.1. The van der Waals surface area contributed by atoms with E-state index >= 15 is 0 Å². The Labute approximate surface area is 277 Å². The highest BCUT2D eigenvalue weighted by Gasteiger charge is 2.18. The van der Waals surface area contributed by atoms with Crippen molar-refractivity contribution in [2.45, 2.75) is 0 Å². The molecule has 0 bridgehead atoms. The Morgan fingerprint density at radius 1 is 0.354 bits per heavy atom. The Kier molecular flexibility index (Phi) is 5.87. The lowest BCUT2D eigenvalue weighted by molar-refractivity contribution is 1.08. The van der Waals surface area contributed by atoms with Crippen LogP contribution in [-0.2, 0) is 0 Å². The van der Waals surface area contributed by atoms with Gasteiger partial charge in [-0.2, -0.15) is 0 Å². The van der Waals surface area contributed by atoms with Crippen LogP contribution in [0.3, 0.4) is 0 Å². The van der Waals surface area contributed by atoms with Crippen molar-refractivity contribution in [1.82, 2.24) is 14.1 Å². The van der Waals surface area contributed by atoms with Gasteiger partial charge in [0, 0.05) is 32.8 Å². The van der Waals surface area contributed by atoms with Crippen molar-refractivity contribution in [3.63, 3.8) is 0 Å². The summed E-state index contributed by atoms with van der Waals surface area (Å²) in [6.45, 7) is 0. The Morgan fingerprint density at radius 3 is 1.79 bits per heavy atom. The lowest BCUT2D eigenvalue weighted by Crippen LogP contribution is -1.98. The standard InChI is InChI=1S/C45H29N3/c1-3-13-31(14-4-1)39-19-11-21-44(46-39)48-42-26-24-33(29-38(42)45-35-17-8-7-12-30(35)22-27-43(45)48)32-23-25-41-37(28-32)36-18-9-10-20-40(36)47(41)34-15-5-2-6-16-34/h1-29H. The minimum atomic E-state index is 0.912. The number of para-hydroxylation sites is 2. The largest absolute Gasteiger partial charge is 0.309 e. The van der Waals surface area contributed by atoms with Crippen LogP contribution < -0.4 is 0 Å². The molecule has 0 saturated heterocycles. The molecule has 0 radical (unpaired) electrons. The molecule has 0 atom stereocenters. The average molecular weight is 612 g/mol. The van der Waals surface area contributed by atoms with E-state index in [1.807, 2.05) is 6.07 Å². The fourth-order valence-corrected chi connectivity index (χ4v) is 7.54. The molecule has 0 aliphatic carbocycles. The van der Waals surface area contributed by atoms with Crippen molar-refractivity contribution < 1.29 is 0 Å². The Bertz CT molecular complexity index is 2820. The predicted molar refractivity (Wildman–Crippen MR) is 201 cm³/mol. The van der Waals surface area contributed by atoms with E-state index in [4.69, 9.17) is 4.98 Å². The normalized spacial score (nSPS) is 11.8. The molecule has 0 fully saturated rings. The number of fused-ring (bicyclic) bond motifs is 8. The summed E-state index contributed by atoms with van der Waals surface area (Å²) in [7, 11) is 0. The Balaban J connectivity index is 1.21. The van der Waals surface area contributed by atoms with Crippen molar-refractivity contribution >= 4 is 54.4 Å². The lowest BCUT2D eigenvalue weighted by atomic mass is 9.99. The van der Waals surface area contributed by atoms with E-state index in [2.05, 4.69) is 179 Å². The molecule has 0 spiro atoms. The molecular weight excluding hydrogens is 583 g/mol. The number of pyridine rings is 1. The van der Waals surface area contributed by atoms with Gasteiger partial charge < -0.3 is 4.57 Å². The lowest BCUT2D eigenvalue weighted by Gasteiger charge is -2.10. The maximum atomic E-state index is 5.20. The molecule has 0 unspecified atom stereocenters. The van der Waals surface area contributed by atoms with Crippen LogP contribution in [0.1, 0.15) is 0 Å². The van der Waals surface area contributed by atoms with Gasteiger partial charge in [-0.25, -0.2) is 4.98 Å². The molecule has 0 N–H and O–H groups in total. The number of hydrogen-bond acceptors (Lipinski definition) is 1. The van der Waals surface area contributed by atoms with Gasteiger partial charge in [0.25, 0.3) is 0 Å². The van der Waals surface area contributed by atoms with Gasteiger partial charge in [-0.15, -0.1) is 0 Å². The number of rotatable bonds is 4. The maximum Gasteiger partial charge on any atom is 0.138 e. The van der Waals surface area contributed by atoms with E-state index in [0.29, 0.717) is 0 Å². The number of hydrogen-bond donors (Lipinski definition) is 0. The van der Waals surface area contributed by atoms with Gasteiger partial charge in [-0.3, -0.25) is 4.57 Å². The van der Waals surface area contributed by atoms with Crippen LogP contribution >= 0.6 is 0 Å². The Morgan fingerprint density at radius 2 is 0.979 bits per heavy atom. The third kappa shape index (κ3) is 4.04. The second-order valence-electron chi connectivity index (χ2n) is 12.4. The van der Waals surface area contributed by atoms with E-state index in [1.165, 1.54) is 60.2 Å². The van der Waals surface area contributed by atoms with Gasteiger partial charge in [-0.1, -0.05) is 115 Å².